The molecular weight excluding hydrogens is 359 g/mol. The second-order valence-corrected chi connectivity index (χ2v) is 6.10. The molecule has 0 atom stereocenters. The number of carbonyl (C=O) groups excluding carboxylic acids is 1. The zero-order chi connectivity index (χ0) is 17.6. The van der Waals surface area contributed by atoms with Gasteiger partial charge in [0.25, 0.3) is 0 Å². The van der Waals surface area contributed by atoms with E-state index in [1.54, 1.807) is 24.3 Å². The first-order valence-electron chi connectivity index (χ1n) is 7.53. The average molecular weight is 373 g/mol. The molecule has 6 heteroatoms. The van der Waals surface area contributed by atoms with Gasteiger partial charge in [-0.1, -0.05) is 53.5 Å². The molecule has 0 radical (unpaired) electrons. The van der Waals surface area contributed by atoms with Gasteiger partial charge >= 0.3 is 0 Å². The van der Waals surface area contributed by atoms with E-state index in [0.29, 0.717) is 21.6 Å². The summed E-state index contributed by atoms with van der Waals surface area (Å²) < 4.78 is 5.66. The summed E-state index contributed by atoms with van der Waals surface area (Å²) in [7, 11) is 0. The lowest BCUT2D eigenvalue weighted by molar-refractivity contribution is -0.120. The Morgan fingerprint density at radius 1 is 1.04 bits per heavy atom. The van der Waals surface area contributed by atoms with Crippen molar-refractivity contribution in [1.82, 2.24) is 5.43 Å². The van der Waals surface area contributed by atoms with Crippen molar-refractivity contribution in [2.75, 3.05) is 0 Å². The first-order valence-corrected chi connectivity index (χ1v) is 8.28. The van der Waals surface area contributed by atoms with Crippen molar-refractivity contribution in [3.63, 3.8) is 0 Å². The smallest absolute Gasteiger partial charge is 0.244 e. The van der Waals surface area contributed by atoms with Crippen LogP contribution in [-0.4, -0.2) is 12.1 Å². The molecule has 0 bridgehead atoms. The molecule has 0 saturated carbocycles. The van der Waals surface area contributed by atoms with E-state index < -0.39 is 0 Å². The van der Waals surface area contributed by atoms with E-state index in [-0.39, 0.29) is 12.3 Å². The molecule has 0 aliphatic carbocycles. The van der Waals surface area contributed by atoms with Crippen LogP contribution in [0.4, 0.5) is 0 Å². The number of nitrogens with zero attached hydrogens (tertiary/aromatic N) is 1. The van der Waals surface area contributed by atoms with Crippen LogP contribution in [0.2, 0.25) is 10.0 Å². The van der Waals surface area contributed by atoms with Crippen molar-refractivity contribution in [2.24, 2.45) is 5.10 Å². The van der Waals surface area contributed by atoms with Crippen molar-refractivity contribution in [3.8, 4) is 11.3 Å². The Bertz CT molecular complexity index is 905. The van der Waals surface area contributed by atoms with Crippen LogP contribution in [0.5, 0.6) is 0 Å². The summed E-state index contributed by atoms with van der Waals surface area (Å²) in [4.78, 5) is 11.8. The number of furan rings is 1. The van der Waals surface area contributed by atoms with Crippen molar-refractivity contribution in [3.05, 3.63) is 82.0 Å². The number of hydrogen-bond donors (Lipinski definition) is 1. The Labute approximate surface area is 155 Å². The number of halogens is 2. The quantitative estimate of drug-likeness (QED) is 0.508. The normalized spacial score (nSPS) is 11.0. The van der Waals surface area contributed by atoms with Gasteiger partial charge < -0.3 is 4.42 Å². The lowest BCUT2D eigenvalue weighted by Crippen LogP contribution is -2.19. The summed E-state index contributed by atoms with van der Waals surface area (Å²) in [5.41, 5.74) is 4.21. The molecule has 3 aromatic rings. The SMILES string of the molecule is O=C(Cc1ccccc1)NN=Cc1ccc(-c2ccc(Cl)c(Cl)c2)o1. The summed E-state index contributed by atoms with van der Waals surface area (Å²) >= 11 is 11.9. The predicted octanol–water partition coefficient (Wildman–Crippen LogP) is 4.95. The van der Waals surface area contributed by atoms with Gasteiger partial charge in [-0.2, -0.15) is 5.10 Å². The van der Waals surface area contributed by atoms with E-state index in [0.717, 1.165) is 11.1 Å². The first kappa shape index (κ1) is 17.3. The molecule has 0 aliphatic rings. The molecule has 1 N–H and O–H groups in total. The number of amides is 1. The second kappa shape index (κ2) is 8.01. The van der Waals surface area contributed by atoms with Crippen LogP contribution in [-0.2, 0) is 11.2 Å². The molecule has 0 aliphatic heterocycles. The largest absolute Gasteiger partial charge is 0.455 e. The topological polar surface area (TPSA) is 54.6 Å². The van der Waals surface area contributed by atoms with E-state index in [4.69, 9.17) is 27.6 Å². The van der Waals surface area contributed by atoms with Crippen LogP contribution < -0.4 is 5.43 Å². The van der Waals surface area contributed by atoms with Gasteiger partial charge in [0.15, 0.2) is 0 Å². The van der Waals surface area contributed by atoms with E-state index in [2.05, 4.69) is 10.5 Å². The molecule has 126 valence electrons. The number of benzene rings is 2. The molecule has 1 heterocycles. The van der Waals surface area contributed by atoms with Gasteiger partial charge in [0, 0.05) is 5.56 Å². The number of hydrogen-bond acceptors (Lipinski definition) is 3. The second-order valence-electron chi connectivity index (χ2n) is 5.29. The van der Waals surface area contributed by atoms with Crippen LogP contribution in [0.1, 0.15) is 11.3 Å². The predicted molar refractivity (Wildman–Crippen MR) is 100 cm³/mol. The summed E-state index contributed by atoms with van der Waals surface area (Å²) in [5, 5.41) is 4.85. The van der Waals surface area contributed by atoms with Crippen molar-refractivity contribution in [2.45, 2.75) is 6.42 Å². The fourth-order valence-electron chi connectivity index (χ4n) is 2.22. The van der Waals surface area contributed by atoms with Gasteiger partial charge in [0.05, 0.1) is 22.7 Å². The van der Waals surface area contributed by atoms with E-state index >= 15 is 0 Å². The van der Waals surface area contributed by atoms with Gasteiger partial charge in [-0.05, 0) is 35.9 Å². The van der Waals surface area contributed by atoms with Crippen LogP contribution in [0, 0.1) is 0 Å². The third-order valence-electron chi connectivity index (χ3n) is 3.42. The zero-order valence-electron chi connectivity index (χ0n) is 13.1. The Morgan fingerprint density at radius 2 is 1.84 bits per heavy atom. The lowest BCUT2D eigenvalue weighted by atomic mass is 10.1. The van der Waals surface area contributed by atoms with Gasteiger partial charge in [-0.3, -0.25) is 4.79 Å². The van der Waals surface area contributed by atoms with Gasteiger partial charge in [-0.25, -0.2) is 5.43 Å². The zero-order valence-corrected chi connectivity index (χ0v) is 14.6. The Morgan fingerprint density at radius 3 is 2.60 bits per heavy atom. The highest BCUT2D eigenvalue weighted by Crippen LogP contribution is 2.29. The molecule has 0 fully saturated rings. The molecule has 1 amide bonds. The highest BCUT2D eigenvalue weighted by molar-refractivity contribution is 6.42. The van der Waals surface area contributed by atoms with E-state index in [1.807, 2.05) is 36.4 Å². The fourth-order valence-corrected chi connectivity index (χ4v) is 2.51. The van der Waals surface area contributed by atoms with Crippen LogP contribution in [0.3, 0.4) is 0 Å². The van der Waals surface area contributed by atoms with E-state index in [9.17, 15) is 4.79 Å². The fraction of sp³-hybridized carbons (Fsp3) is 0.0526. The minimum atomic E-state index is -0.196. The first-order chi connectivity index (χ1) is 12.1. The standard InChI is InChI=1S/C19H14Cl2N2O2/c20-16-8-6-14(11-17(16)21)18-9-7-15(25-18)12-22-23-19(24)10-13-4-2-1-3-5-13/h1-9,11-12H,10H2,(H,23,24). The minimum absolute atomic E-state index is 0.196. The third-order valence-corrected chi connectivity index (χ3v) is 4.16. The van der Waals surface area contributed by atoms with Crippen molar-refractivity contribution < 1.29 is 9.21 Å². The van der Waals surface area contributed by atoms with Crippen molar-refractivity contribution >= 4 is 35.3 Å². The van der Waals surface area contributed by atoms with Gasteiger partial charge in [-0.15, -0.1) is 0 Å². The molecular formula is C19H14Cl2N2O2. The maximum Gasteiger partial charge on any atom is 0.244 e. The number of nitrogens with one attached hydrogen (secondary N) is 1. The van der Waals surface area contributed by atoms with E-state index in [1.165, 1.54) is 6.21 Å². The maximum atomic E-state index is 11.8. The minimum Gasteiger partial charge on any atom is -0.455 e. The Kier molecular flexibility index (Phi) is 5.53. The van der Waals surface area contributed by atoms with Gasteiger partial charge in [0.1, 0.15) is 11.5 Å². The molecule has 25 heavy (non-hydrogen) atoms. The average Bonchev–Trinajstić information content (AvgIpc) is 3.07. The summed E-state index contributed by atoms with van der Waals surface area (Å²) in [6.45, 7) is 0. The number of rotatable bonds is 5. The molecule has 3 rings (SSSR count). The van der Waals surface area contributed by atoms with Crippen LogP contribution in [0.25, 0.3) is 11.3 Å². The highest BCUT2D eigenvalue weighted by atomic mass is 35.5. The maximum absolute atomic E-state index is 11.8. The highest BCUT2D eigenvalue weighted by Gasteiger charge is 2.06. The Hall–Kier alpha value is -2.56. The molecule has 0 saturated heterocycles. The Balaban J connectivity index is 1.60. The molecule has 4 nitrogen and oxygen atoms in total. The summed E-state index contributed by atoms with van der Waals surface area (Å²) in [6.07, 6.45) is 1.72. The van der Waals surface area contributed by atoms with Gasteiger partial charge in [0.2, 0.25) is 5.91 Å². The molecule has 0 unspecified atom stereocenters. The molecule has 2 aromatic carbocycles. The monoisotopic (exact) mass is 372 g/mol. The van der Waals surface area contributed by atoms with Crippen LogP contribution in [0.15, 0.2) is 70.2 Å². The summed E-state index contributed by atoms with van der Waals surface area (Å²) in [6, 6.07) is 18.3. The van der Waals surface area contributed by atoms with Crippen LogP contribution >= 0.6 is 23.2 Å². The third kappa shape index (κ3) is 4.72. The number of carbonyl (C=O) groups is 1. The lowest BCUT2D eigenvalue weighted by Gasteiger charge is -2.00. The number of hydrazone groups is 1. The molecule has 1 aromatic heterocycles. The molecule has 0 spiro atoms. The van der Waals surface area contributed by atoms with Crippen molar-refractivity contribution in [1.29, 1.82) is 0 Å². The summed E-state index contributed by atoms with van der Waals surface area (Å²) in [5.74, 6) is 0.954.